The Hall–Kier alpha value is -3.34. The van der Waals surface area contributed by atoms with Crippen molar-refractivity contribution in [1.29, 1.82) is 0 Å². The number of halogens is 2. The minimum Gasteiger partial charge on any atom is -0.493 e. The minimum absolute atomic E-state index is 0.235. The summed E-state index contributed by atoms with van der Waals surface area (Å²) in [5.74, 6) is 0.749. The molecule has 0 aromatic carbocycles. The van der Waals surface area contributed by atoms with Gasteiger partial charge in [0.2, 0.25) is 5.91 Å². The number of alkyl halides is 2. The maximum absolute atomic E-state index is 12.7. The molecule has 1 aliphatic rings. The van der Waals surface area contributed by atoms with Crippen LogP contribution in [0, 0.1) is 5.92 Å². The Morgan fingerprint density at radius 2 is 2.27 bits per heavy atom. The Bertz CT molecular complexity index is 1340. The summed E-state index contributed by atoms with van der Waals surface area (Å²) >= 11 is 1.53. The van der Waals surface area contributed by atoms with E-state index in [1.165, 1.54) is 24.7 Å². The summed E-state index contributed by atoms with van der Waals surface area (Å²) < 4.78 is 32.7. The summed E-state index contributed by atoms with van der Waals surface area (Å²) in [7, 11) is 3.03. The molecule has 4 heterocycles. The van der Waals surface area contributed by atoms with E-state index < -0.39 is 13.0 Å². The number of nitrogens with zero attached hydrogens (tertiary/aromatic N) is 5. The Balaban J connectivity index is 1.47. The first-order valence-electron chi connectivity index (χ1n) is 10.5. The van der Waals surface area contributed by atoms with Crippen LogP contribution in [-0.4, -0.2) is 57.5 Å². The molecule has 172 valence electrons. The van der Waals surface area contributed by atoms with Crippen molar-refractivity contribution >= 4 is 44.5 Å². The molecule has 0 unspecified atom stereocenters. The fraction of sp³-hybridized carbons (Fsp3) is 0.364. The molecule has 0 bridgehead atoms. The molecule has 1 atom stereocenters. The molecule has 33 heavy (non-hydrogen) atoms. The molecule has 1 aliphatic carbocycles. The Kier molecular flexibility index (Phi) is 5.57. The SMILES string of the molecule is COc1cn2nccc2cc1Nc1ncnc2sc3c(c12)CC[C@H](C(=O)N(C)CC(F)F)C3. The van der Waals surface area contributed by atoms with Crippen LogP contribution >= 0.6 is 11.3 Å². The molecule has 0 fully saturated rings. The zero-order valence-corrected chi connectivity index (χ0v) is 18.9. The van der Waals surface area contributed by atoms with E-state index in [1.807, 2.05) is 12.1 Å². The predicted octanol–water partition coefficient (Wildman–Crippen LogP) is 3.92. The van der Waals surface area contributed by atoms with E-state index in [2.05, 4.69) is 20.4 Å². The van der Waals surface area contributed by atoms with E-state index in [-0.39, 0.29) is 11.8 Å². The van der Waals surface area contributed by atoms with Crippen LogP contribution in [0.2, 0.25) is 0 Å². The van der Waals surface area contributed by atoms with E-state index >= 15 is 0 Å². The second-order valence-corrected chi connectivity index (χ2v) is 9.12. The number of anilines is 2. The first-order valence-corrected chi connectivity index (χ1v) is 11.3. The molecule has 4 aromatic heterocycles. The van der Waals surface area contributed by atoms with Crippen molar-refractivity contribution in [2.24, 2.45) is 5.92 Å². The second-order valence-electron chi connectivity index (χ2n) is 8.04. The normalized spacial score (nSPS) is 15.7. The predicted molar refractivity (Wildman–Crippen MR) is 122 cm³/mol. The van der Waals surface area contributed by atoms with Gasteiger partial charge >= 0.3 is 0 Å². The monoisotopic (exact) mass is 472 g/mol. The highest BCUT2D eigenvalue weighted by Gasteiger charge is 2.31. The third-order valence-electron chi connectivity index (χ3n) is 5.95. The number of thiophene rings is 1. The smallest absolute Gasteiger partial charge is 0.255 e. The number of amides is 1. The zero-order chi connectivity index (χ0) is 23.1. The minimum atomic E-state index is -2.54. The first-order chi connectivity index (χ1) is 15.9. The second kappa shape index (κ2) is 8.54. The summed E-state index contributed by atoms with van der Waals surface area (Å²) in [4.78, 5) is 24.6. The third-order valence-corrected chi connectivity index (χ3v) is 7.12. The Morgan fingerprint density at radius 3 is 3.06 bits per heavy atom. The Labute approximate surface area is 192 Å². The van der Waals surface area contributed by atoms with E-state index in [9.17, 15) is 13.6 Å². The van der Waals surface area contributed by atoms with Gasteiger partial charge in [0.05, 0.1) is 36.4 Å². The fourth-order valence-electron chi connectivity index (χ4n) is 4.36. The van der Waals surface area contributed by atoms with Gasteiger partial charge in [0.25, 0.3) is 6.43 Å². The zero-order valence-electron chi connectivity index (χ0n) is 18.1. The molecule has 0 spiro atoms. The van der Waals surface area contributed by atoms with Crippen molar-refractivity contribution in [3.63, 3.8) is 0 Å². The number of carbonyl (C=O) groups is 1. The number of ether oxygens (including phenoxy) is 1. The molecule has 0 aliphatic heterocycles. The first kappa shape index (κ1) is 21.5. The molecule has 0 saturated carbocycles. The van der Waals surface area contributed by atoms with Gasteiger partial charge in [0.1, 0.15) is 17.0 Å². The summed E-state index contributed by atoms with van der Waals surface area (Å²) in [6, 6.07) is 3.83. The number of aryl methyl sites for hydroxylation is 1. The van der Waals surface area contributed by atoms with E-state index in [4.69, 9.17) is 4.74 Å². The van der Waals surface area contributed by atoms with Crippen molar-refractivity contribution in [3.8, 4) is 5.75 Å². The number of pyridine rings is 1. The van der Waals surface area contributed by atoms with Gasteiger partial charge in [0.15, 0.2) is 5.75 Å². The topological polar surface area (TPSA) is 84.6 Å². The number of rotatable bonds is 6. The number of aromatic nitrogens is 4. The lowest BCUT2D eigenvalue weighted by molar-refractivity contribution is -0.136. The molecule has 5 rings (SSSR count). The largest absolute Gasteiger partial charge is 0.493 e. The van der Waals surface area contributed by atoms with Gasteiger partial charge in [0, 0.05) is 24.0 Å². The number of fused-ring (bicyclic) bond motifs is 4. The quantitative estimate of drug-likeness (QED) is 0.458. The molecular formula is C22H22F2N6O2S. The van der Waals surface area contributed by atoms with Crippen LogP contribution in [0.3, 0.4) is 0 Å². The molecular weight excluding hydrogens is 450 g/mol. The number of methoxy groups -OCH3 is 1. The van der Waals surface area contributed by atoms with Crippen molar-refractivity contribution in [3.05, 3.63) is 41.3 Å². The van der Waals surface area contributed by atoms with Gasteiger partial charge in [-0.15, -0.1) is 11.3 Å². The lowest BCUT2D eigenvalue weighted by Crippen LogP contribution is -2.38. The molecule has 0 saturated heterocycles. The van der Waals surface area contributed by atoms with Crippen LogP contribution in [0.25, 0.3) is 15.7 Å². The molecule has 1 amide bonds. The summed E-state index contributed by atoms with van der Waals surface area (Å²) in [5, 5.41) is 8.56. The third kappa shape index (κ3) is 3.97. The van der Waals surface area contributed by atoms with Crippen LogP contribution in [0.5, 0.6) is 5.75 Å². The van der Waals surface area contributed by atoms with Crippen LogP contribution in [0.4, 0.5) is 20.3 Å². The van der Waals surface area contributed by atoms with Crippen LogP contribution < -0.4 is 10.1 Å². The number of carbonyl (C=O) groups excluding carboxylic acids is 1. The highest BCUT2D eigenvalue weighted by atomic mass is 32.1. The average molecular weight is 473 g/mol. The van der Waals surface area contributed by atoms with Crippen LogP contribution in [0.15, 0.2) is 30.9 Å². The van der Waals surface area contributed by atoms with Crippen molar-refractivity contribution in [1.82, 2.24) is 24.5 Å². The lowest BCUT2D eigenvalue weighted by Gasteiger charge is -2.26. The fourth-order valence-corrected chi connectivity index (χ4v) is 5.63. The summed E-state index contributed by atoms with van der Waals surface area (Å²) in [6.07, 6.45) is 4.27. The standard InChI is InChI=1S/C22H22F2N6O2S/c1-29(10-18(23)24)22(31)12-3-4-14-17(7-12)33-21-19(14)20(25-11-26-21)28-15-8-13-5-6-27-30(13)9-16(15)32-2/h5-6,8-9,11-12,18H,3-4,7,10H2,1-2H3,(H,25,26,28)/t12-/m0/s1. The van der Waals surface area contributed by atoms with Gasteiger partial charge in [-0.1, -0.05) is 0 Å². The number of hydrogen-bond donors (Lipinski definition) is 1. The van der Waals surface area contributed by atoms with Gasteiger partial charge in [-0.05, 0) is 37.0 Å². The average Bonchev–Trinajstić information content (AvgIpc) is 3.41. The molecule has 0 radical (unpaired) electrons. The van der Waals surface area contributed by atoms with Crippen LogP contribution in [-0.2, 0) is 17.6 Å². The highest BCUT2D eigenvalue weighted by molar-refractivity contribution is 7.19. The maximum atomic E-state index is 12.7. The Morgan fingerprint density at radius 1 is 1.42 bits per heavy atom. The highest BCUT2D eigenvalue weighted by Crippen LogP contribution is 2.41. The molecule has 8 nitrogen and oxygen atoms in total. The van der Waals surface area contributed by atoms with Gasteiger partial charge in [-0.2, -0.15) is 5.10 Å². The van der Waals surface area contributed by atoms with Gasteiger partial charge in [-0.25, -0.2) is 23.3 Å². The van der Waals surface area contributed by atoms with Gasteiger partial charge < -0.3 is 15.0 Å². The summed E-state index contributed by atoms with van der Waals surface area (Å²) in [5.41, 5.74) is 2.77. The number of nitrogens with one attached hydrogen (secondary N) is 1. The van der Waals surface area contributed by atoms with E-state index in [0.717, 1.165) is 36.8 Å². The van der Waals surface area contributed by atoms with E-state index in [0.29, 0.717) is 30.8 Å². The molecule has 1 N–H and O–H groups in total. The van der Waals surface area contributed by atoms with Gasteiger partial charge in [-0.3, -0.25) is 4.79 Å². The van der Waals surface area contributed by atoms with Crippen molar-refractivity contribution in [2.45, 2.75) is 25.7 Å². The van der Waals surface area contributed by atoms with Crippen molar-refractivity contribution in [2.75, 3.05) is 26.0 Å². The molecule has 11 heteroatoms. The molecule has 4 aromatic rings. The van der Waals surface area contributed by atoms with Crippen LogP contribution in [0.1, 0.15) is 16.9 Å². The van der Waals surface area contributed by atoms with Crippen molar-refractivity contribution < 1.29 is 18.3 Å². The summed E-state index contributed by atoms with van der Waals surface area (Å²) in [6.45, 7) is -0.544. The lowest BCUT2D eigenvalue weighted by atomic mass is 9.87. The maximum Gasteiger partial charge on any atom is 0.255 e. The number of hydrogen-bond acceptors (Lipinski definition) is 7. The van der Waals surface area contributed by atoms with E-state index in [1.54, 1.807) is 24.0 Å².